The number of nitriles is 1. The first-order valence-corrected chi connectivity index (χ1v) is 9.79. The van der Waals surface area contributed by atoms with Crippen molar-refractivity contribution in [2.24, 2.45) is 0 Å². The van der Waals surface area contributed by atoms with E-state index in [1.165, 1.54) is 36.4 Å². The molecule has 7 nitrogen and oxygen atoms in total. The van der Waals surface area contributed by atoms with Crippen LogP contribution in [0.5, 0.6) is 0 Å². The molecule has 4 rings (SSSR count). The number of nitrogens with zero attached hydrogens (tertiary/aromatic N) is 2. The van der Waals surface area contributed by atoms with Gasteiger partial charge in [0.05, 0.1) is 10.5 Å². The molecule has 8 heteroatoms. The van der Waals surface area contributed by atoms with Gasteiger partial charge in [0.25, 0.3) is 11.6 Å². The van der Waals surface area contributed by atoms with E-state index in [2.05, 4.69) is 5.32 Å². The smallest absolute Gasteiger partial charge is 0.281 e. The van der Waals surface area contributed by atoms with Gasteiger partial charge in [0.15, 0.2) is 0 Å². The number of rotatable bonds is 5. The molecular formula is C24H14ClN3O4. The molecule has 0 spiro atoms. The molecule has 0 aliphatic carbocycles. The molecule has 0 aliphatic rings. The normalized spacial score (nSPS) is 11.2. The zero-order valence-electron chi connectivity index (χ0n) is 16.4. The molecule has 1 N–H and O–H groups in total. The number of carbonyl (C=O) groups excluding carboxylic acids is 1. The van der Waals surface area contributed by atoms with Crippen molar-refractivity contribution < 1.29 is 14.1 Å². The summed E-state index contributed by atoms with van der Waals surface area (Å²) in [6.45, 7) is 0. The lowest BCUT2D eigenvalue weighted by molar-refractivity contribution is -0.384. The molecule has 32 heavy (non-hydrogen) atoms. The maximum absolute atomic E-state index is 12.7. The Labute approximate surface area is 187 Å². The largest absolute Gasteiger partial charge is 0.456 e. The van der Waals surface area contributed by atoms with Crippen LogP contribution in [0.4, 0.5) is 11.4 Å². The van der Waals surface area contributed by atoms with Crippen LogP contribution in [0.1, 0.15) is 5.76 Å². The van der Waals surface area contributed by atoms with E-state index in [-0.39, 0.29) is 33.4 Å². The molecule has 0 radical (unpaired) electrons. The third kappa shape index (κ3) is 4.21. The third-order valence-electron chi connectivity index (χ3n) is 4.74. The molecule has 3 aromatic carbocycles. The van der Waals surface area contributed by atoms with Gasteiger partial charge in [-0.1, -0.05) is 48.0 Å². The molecule has 0 saturated heterocycles. The van der Waals surface area contributed by atoms with Crippen LogP contribution in [0.25, 0.3) is 28.2 Å². The zero-order valence-corrected chi connectivity index (χ0v) is 17.2. The average Bonchev–Trinajstić information content (AvgIpc) is 3.26. The number of halogens is 1. The second kappa shape index (κ2) is 8.76. The summed E-state index contributed by atoms with van der Waals surface area (Å²) in [5, 5.41) is 25.6. The molecule has 0 unspecified atom stereocenters. The van der Waals surface area contributed by atoms with Crippen LogP contribution in [0.3, 0.4) is 0 Å². The van der Waals surface area contributed by atoms with Gasteiger partial charge in [0, 0.05) is 28.2 Å². The Hall–Kier alpha value is -4.41. The lowest BCUT2D eigenvalue weighted by Gasteiger charge is -2.08. The molecule has 0 atom stereocenters. The molecule has 4 aromatic rings. The lowest BCUT2D eigenvalue weighted by atomic mass is 10.1. The Balaban J connectivity index is 1.62. The summed E-state index contributed by atoms with van der Waals surface area (Å²) in [5.74, 6) is -0.181. The molecule has 156 valence electrons. The number of hydrogen-bond donors (Lipinski definition) is 1. The number of nitro benzene ring substituents is 1. The average molecular weight is 444 g/mol. The van der Waals surface area contributed by atoms with Gasteiger partial charge in [-0.2, -0.15) is 5.26 Å². The van der Waals surface area contributed by atoms with Crippen molar-refractivity contribution in [3.63, 3.8) is 0 Å². The van der Waals surface area contributed by atoms with Gasteiger partial charge in [-0.05, 0) is 35.7 Å². The lowest BCUT2D eigenvalue weighted by Crippen LogP contribution is -2.13. The number of nitro groups is 1. The quantitative estimate of drug-likeness (QED) is 0.171. The fraction of sp³-hybridized carbons (Fsp3) is 0. The van der Waals surface area contributed by atoms with Gasteiger partial charge in [0.2, 0.25) is 0 Å². The van der Waals surface area contributed by atoms with Gasteiger partial charge >= 0.3 is 0 Å². The molecule has 0 aliphatic heterocycles. The first kappa shape index (κ1) is 20.8. The molecule has 0 saturated carbocycles. The highest BCUT2D eigenvalue weighted by Gasteiger charge is 2.19. The monoisotopic (exact) mass is 443 g/mol. The van der Waals surface area contributed by atoms with Gasteiger partial charge in [-0.15, -0.1) is 0 Å². The van der Waals surface area contributed by atoms with Crippen LogP contribution in [-0.2, 0) is 4.79 Å². The van der Waals surface area contributed by atoms with Crippen molar-refractivity contribution in [3.05, 3.63) is 99.3 Å². The number of amides is 1. The van der Waals surface area contributed by atoms with E-state index < -0.39 is 10.8 Å². The number of carbonyl (C=O) groups is 1. The van der Waals surface area contributed by atoms with E-state index in [9.17, 15) is 20.2 Å². The first-order valence-electron chi connectivity index (χ1n) is 9.41. The fourth-order valence-corrected chi connectivity index (χ4v) is 3.42. The minimum atomic E-state index is -0.598. The Morgan fingerprint density at radius 1 is 1.09 bits per heavy atom. The highest BCUT2D eigenvalue weighted by atomic mass is 35.5. The minimum absolute atomic E-state index is 0.176. The number of benzene rings is 3. The first-order chi connectivity index (χ1) is 15.5. The number of anilines is 1. The molecule has 1 aromatic heterocycles. The van der Waals surface area contributed by atoms with E-state index in [1.807, 2.05) is 42.5 Å². The molecular weight excluding hydrogens is 430 g/mol. The Kier molecular flexibility index (Phi) is 5.71. The van der Waals surface area contributed by atoms with Gasteiger partial charge in [-0.25, -0.2) is 0 Å². The summed E-state index contributed by atoms with van der Waals surface area (Å²) in [4.78, 5) is 23.5. The number of fused-ring (bicyclic) bond motifs is 1. The van der Waals surface area contributed by atoms with E-state index >= 15 is 0 Å². The van der Waals surface area contributed by atoms with Crippen LogP contribution in [0.15, 0.2) is 82.8 Å². The fourth-order valence-electron chi connectivity index (χ4n) is 3.25. The summed E-state index contributed by atoms with van der Waals surface area (Å²) in [7, 11) is 0. The summed E-state index contributed by atoms with van der Waals surface area (Å²) < 4.78 is 5.65. The Morgan fingerprint density at radius 2 is 1.88 bits per heavy atom. The van der Waals surface area contributed by atoms with Crippen LogP contribution < -0.4 is 5.32 Å². The van der Waals surface area contributed by atoms with Crippen molar-refractivity contribution in [1.29, 1.82) is 5.26 Å². The van der Waals surface area contributed by atoms with Crippen molar-refractivity contribution in [2.75, 3.05) is 5.32 Å². The van der Waals surface area contributed by atoms with Crippen molar-refractivity contribution in [3.8, 4) is 17.4 Å². The third-order valence-corrected chi connectivity index (χ3v) is 4.97. The van der Waals surface area contributed by atoms with Crippen molar-refractivity contribution in [1.82, 2.24) is 0 Å². The minimum Gasteiger partial charge on any atom is -0.456 e. The van der Waals surface area contributed by atoms with Gasteiger partial charge < -0.3 is 9.73 Å². The number of nitrogens with one attached hydrogen (secondary N) is 1. The zero-order chi connectivity index (χ0) is 22.7. The van der Waals surface area contributed by atoms with E-state index in [0.717, 1.165) is 10.8 Å². The Bertz CT molecular complexity index is 1430. The van der Waals surface area contributed by atoms with Gasteiger partial charge in [0.1, 0.15) is 23.2 Å². The highest BCUT2D eigenvalue weighted by Crippen LogP contribution is 2.33. The maximum Gasteiger partial charge on any atom is 0.281 e. The van der Waals surface area contributed by atoms with Crippen LogP contribution >= 0.6 is 11.6 Å². The molecule has 0 fully saturated rings. The maximum atomic E-state index is 12.7. The second-order valence-corrected chi connectivity index (χ2v) is 7.21. The van der Waals surface area contributed by atoms with E-state index in [1.54, 1.807) is 6.07 Å². The van der Waals surface area contributed by atoms with E-state index in [0.29, 0.717) is 5.69 Å². The highest BCUT2D eigenvalue weighted by molar-refractivity contribution is 6.31. The summed E-state index contributed by atoms with van der Waals surface area (Å²) in [6, 6.07) is 22.2. The molecule has 1 amide bonds. The van der Waals surface area contributed by atoms with Crippen molar-refractivity contribution >= 4 is 45.7 Å². The Morgan fingerprint density at radius 3 is 2.66 bits per heavy atom. The predicted octanol–water partition coefficient (Wildman–Crippen LogP) is 6.21. The van der Waals surface area contributed by atoms with Crippen molar-refractivity contribution in [2.45, 2.75) is 0 Å². The SMILES string of the molecule is N#C/C(=C\c1ccc(-c2ccc(Cl)cc2[N+](=O)[O-])o1)C(=O)Nc1cccc2ccccc12. The number of furan rings is 1. The van der Waals surface area contributed by atoms with Crippen LogP contribution in [-0.4, -0.2) is 10.8 Å². The van der Waals surface area contributed by atoms with Crippen LogP contribution in [0, 0.1) is 21.4 Å². The predicted molar refractivity (Wildman–Crippen MR) is 122 cm³/mol. The summed E-state index contributed by atoms with van der Waals surface area (Å²) in [5.41, 5.74) is 0.421. The molecule has 0 bridgehead atoms. The second-order valence-electron chi connectivity index (χ2n) is 6.77. The topological polar surface area (TPSA) is 109 Å². The number of hydrogen-bond acceptors (Lipinski definition) is 5. The molecule has 1 heterocycles. The van der Waals surface area contributed by atoms with E-state index in [4.69, 9.17) is 16.0 Å². The standard InChI is InChI=1S/C24H14ClN3O4/c25-17-8-10-20(22(13-17)28(30)31)23-11-9-18(32-23)12-16(14-26)24(29)27-21-7-3-5-15-4-1-2-6-19(15)21/h1-13H,(H,27,29)/b16-12+. The van der Waals surface area contributed by atoms with Gasteiger partial charge in [-0.3, -0.25) is 14.9 Å². The summed E-state index contributed by atoms with van der Waals surface area (Å²) >= 11 is 5.85. The summed E-state index contributed by atoms with van der Waals surface area (Å²) in [6.07, 6.45) is 1.28. The van der Waals surface area contributed by atoms with Crippen LogP contribution in [0.2, 0.25) is 5.02 Å².